The molecule has 29 heavy (non-hydrogen) atoms. The lowest BCUT2D eigenvalue weighted by molar-refractivity contribution is -0.115. The molecule has 2 N–H and O–H groups in total. The molecular weight excluding hydrogens is 402 g/mol. The minimum atomic E-state index is -0.0208. The van der Waals surface area contributed by atoms with Crippen molar-refractivity contribution in [2.45, 2.75) is 51.2 Å². The number of hydrogen-bond donors (Lipinski definition) is 2. The second-order valence-corrected chi connectivity index (χ2v) is 9.87. The molecule has 0 saturated heterocycles. The van der Waals surface area contributed by atoms with Crippen LogP contribution in [0.25, 0.3) is 10.2 Å². The van der Waals surface area contributed by atoms with E-state index in [-0.39, 0.29) is 11.5 Å². The van der Waals surface area contributed by atoms with Crippen molar-refractivity contribution in [3.8, 4) is 0 Å². The molecule has 0 spiro atoms. The lowest BCUT2D eigenvalue weighted by atomic mass is 10.0. The number of nitrogens with one attached hydrogen (secondary N) is 2. The van der Waals surface area contributed by atoms with Crippen LogP contribution in [0.2, 0.25) is 0 Å². The third kappa shape index (κ3) is 4.56. The number of carbonyl (C=O) groups is 1. The molecule has 1 aliphatic rings. The highest BCUT2D eigenvalue weighted by Crippen LogP contribution is 2.34. The third-order valence-electron chi connectivity index (χ3n) is 5.20. The van der Waals surface area contributed by atoms with Crippen molar-refractivity contribution in [1.82, 2.24) is 9.97 Å². The topological polar surface area (TPSA) is 74.8 Å². The van der Waals surface area contributed by atoms with Gasteiger partial charge in [0.05, 0.1) is 11.1 Å². The number of fused-ring (bicyclic) bond motifs is 3. The van der Waals surface area contributed by atoms with Crippen LogP contribution in [0.15, 0.2) is 29.1 Å². The first-order valence-corrected chi connectivity index (χ1v) is 12.0. The van der Waals surface area contributed by atoms with Crippen LogP contribution in [0.1, 0.15) is 54.4 Å². The van der Waals surface area contributed by atoms with Crippen LogP contribution in [0, 0.1) is 0 Å². The highest BCUT2D eigenvalue weighted by atomic mass is 32.2. The molecular formula is C22H25N3O2S2. The fraction of sp³-hybridized carbons (Fsp3) is 0.409. The molecule has 1 aliphatic carbocycles. The van der Waals surface area contributed by atoms with Gasteiger partial charge in [0.2, 0.25) is 5.91 Å². The van der Waals surface area contributed by atoms with Crippen molar-refractivity contribution in [1.29, 1.82) is 0 Å². The number of thiophene rings is 1. The van der Waals surface area contributed by atoms with Crippen molar-refractivity contribution < 1.29 is 4.79 Å². The van der Waals surface area contributed by atoms with Gasteiger partial charge in [0, 0.05) is 22.7 Å². The van der Waals surface area contributed by atoms with E-state index in [1.165, 1.54) is 16.0 Å². The summed E-state index contributed by atoms with van der Waals surface area (Å²) in [4.78, 5) is 34.4. The molecule has 0 bridgehead atoms. The zero-order chi connectivity index (χ0) is 20.4. The largest absolute Gasteiger partial charge is 0.326 e. The Morgan fingerprint density at radius 2 is 2.07 bits per heavy atom. The number of anilines is 1. The van der Waals surface area contributed by atoms with Gasteiger partial charge in [-0.3, -0.25) is 9.59 Å². The molecule has 2 heterocycles. The minimum absolute atomic E-state index is 0.00128. The first kappa shape index (κ1) is 20.2. The minimum Gasteiger partial charge on any atom is -0.326 e. The van der Waals surface area contributed by atoms with Gasteiger partial charge in [0.25, 0.3) is 5.56 Å². The van der Waals surface area contributed by atoms with E-state index in [1.807, 2.05) is 24.3 Å². The first-order valence-electron chi connectivity index (χ1n) is 10.0. The summed E-state index contributed by atoms with van der Waals surface area (Å²) in [5.41, 5.74) is 3.27. The Kier molecular flexibility index (Phi) is 6.06. The van der Waals surface area contributed by atoms with Gasteiger partial charge in [-0.25, -0.2) is 4.98 Å². The van der Waals surface area contributed by atoms with Crippen molar-refractivity contribution in [2.24, 2.45) is 0 Å². The van der Waals surface area contributed by atoms with E-state index in [4.69, 9.17) is 0 Å². The van der Waals surface area contributed by atoms with Gasteiger partial charge in [-0.15, -0.1) is 11.3 Å². The average Bonchev–Trinajstić information content (AvgIpc) is 3.26. The molecule has 2 aromatic heterocycles. The molecule has 1 aromatic carbocycles. The maximum Gasteiger partial charge on any atom is 0.259 e. The number of hydrogen-bond acceptors (Lipinski definition) is 5. The number of amides is 1. The van der Waals surface area contributed by atoms with E-state index in [0.29, 0.717) is 29.7 Å². The summed E-state index contributed by atoms with van der Waals surface area (Å²) < 4.78 is 0. The Balaban J connectivity index is 1.28. The summed E-state index contributed by atoms with van der Waals surface area (Å²) in [5.74, 6) is 2.45. The molecule has 1 amide bonds. The van der Waals surface area contributed by atoms with E-state index in [2.05, 4.69) is 29.1 Å². The Morgan fingerprint density at radius 3 is 2.83 bits per heavy atom. The maximum atomic E-state index is 12.5. The number of rotatable bonds is 7. The van der Waals surface area contributed by atoms with Crippen LogP contribution < -0.4 is 10.9 Å². The van der Waals surface area contributed by atoms with Crippen molar-refractivity contribution in [2.75, 3.05) is 11.1 Å². The van der Waals surface area contributed by atoms with Crippen LogP contribution in [0.5, 0.6) is 0 Å². The lowest BCUT2D eigenvalue weighted by Gasteiger charge is -2.08. The van der Waals surface area contributed by atoms with Gasteiger partial charge >= 0.3 is 0 Å². The number of aromatic amines is 1. The zero-order valence-corrected chi connectivity index (χ0v) is 18.3. The Morgan fingerprint density at radius 1 is 1.28 bits per heavy atom. The van der Waals surface area contributed by atoms with E-state index < -0.39 is 0 Å². The second-order valence-electron chi connectivity index (χ2n) is 7.68. The van der Waals surface area contributed by atoms with Crippen molar-refractivity contribution >= 4 is 44.9 Å². The van der Waals surface area contributed by atoms with Crippen molar-refractivity contribution in [3.05, 3.63) is 56.4 Å². The van der Waals surface area contributed by atoms with Gasteiger partial charge in [-0.2, -0.15) is 11.8 Å². The van der Waals surface area contributed by atoms with E-state index in [1.54, 1.807) is 23.1 Å². The molecule has 7 heteroatoms. The molecule has 5 nitrogen and oxygen atoms in total. The van der Waals surface area contributed by atoms with Crippen LogP contribution in [0.4, 0.5) is 5.69 Å². The predicted octanol–water partition coefficient (Wildman–Crippen LogP) is 4.86. The van der Waals surface area contributed by atoms with Crippen LogP contribution >= 0.6 is 23.1 Å². The summed E-state index contributed by atoms with van der Waals surface area (Å²) in [6.07, 6.45) is 3.62. The van der Waals surface area contributed by atoms with E-state index >= 15 is 0 Å². The Hall–Kier alpha value is -2.12. The SMILES string of the molecule is CC(C)c1ccc(NC(=O)CCSCc2nc3sc4c(c3c(=O)[nH]2)CCC4)cc1. The number of thioether (sulfide) groups is 1. The van der Waals surface area contributed by atoms with Crippen LogP contribution in [0.3, 0.4) is 0 Å². The zero-order valence-electron chi connectivity index (χ0n) is 16.7. The number of carbonyl (C=O) groups excluding carboxylic acids is 1. The summed E-state index contributed by atoms with van der Waals surface area (Å²) in [6.45, 7) is 4.30. The van der Waals surface area contributed by atoms with Gasteiger partial charge in [-0.1, -0.05) is 26.0 Å². The number of aryl methyl sites for hydroxylation is 2. The second kappa shape index (κ2) is 8.71. The molecule has 0 radical (unpaired) electrons. The summed E-state index contributed by atoms with van der Waals surface area (Å²) in [7, 11) is 0. The molecule has 152 valence electrons. The number of benzene rings is 1. The van der Waals surface area contributed by atoms with Gasteiger partial charge < -0.3 is 10.3 Å². The Bertz CT molecular complexity index is 1080. The van der Waals surface area contributed by atoms with Gasteiger partial charge in [0.15, 0.2) is 0 Å². The highest BCUT2D eigenvalue weighted by molar-refractivity contribution is 7.98. The molecule has 0 aliphatic heterocycles. The van der Waals surface area contributed by atoms with Crippen LogP contribution in [-0.4, -0.2) is 21.6 Å². The lowest BCUT2D eigenvalue weighted by Crippen LogP contribution is -2.13. The fourth-order valence-corrected chi connectivity index (χ4v) is 5.71. The first-order chi connectivity index (χ1) is 14.0. The summed E-state index contributed by atoms with van der Waals surface area (Å²) >= 11 is 3.27. The average molecular weight is 428 g/mol. The Labute approximate surface area is 178 Å². The molecule has 0 saturated carbocycles. The molecule has 4 rings (SSSR count). The number of H-pyrrole nitrogens is 1. The number of nitrogens with zero attached hydrogens (tertiary/aromatic N) is 1. The van der Waals surface area contributed by atoms with E-state index in [0.717, 1.165) is 35.2 Å². The quantitative estimate of drug-likeness (QED) is 0.528. The van der Waals surface area contributed by atoms with Crippen molar-refractivity contribution in [3.63, 3.8) is 0 Å². The number of aromatic nitrogens is 2. The molecule has 3 aromatic rings. The van der Waals surface area contributed by atoms with Crippen LogP contribution in [-0.2, 0) is 23.4 Å². The predicted molar refractivity (Wildman–Crippen MR) is 122 cm³/mol. The summed E-state index contributed by atoms with van der Waals surface area (Å²) in [5, 5.41) is 3.73. The third-order valence-corrected chi connectivity index (χ3v) is 7.35. The molecule has 0 fully saturated rings. The molecule has 0 atom stereocenters. The normalized spacial score (nSPS) is 13.2. The van der Waals surface area contributed by atoms with Gasteiger partial charge in [0.1, 0.15) is 10.7 Å². The fourth-order valence-electron chi connectivity index (χ4n) is 3.62. The monoisotopic (exact) mass is 427 g/mol. The standard InChI is InChI=1S/C22H25N3O2S2/c1-13(2)14-6-8-15(9-7-14)23-19(26)10-11-28-12-18-24-21(27)20-16-4-3-5-17(16)29-22(20)25-18/h6-9,13H,3-5,10-12H2,1-2H3,(H,23,26)(H,24,25,27). The maximum absolute atomic E-state index is 12.5. The summed E-state index contributed by atoms with van der Waals surface area (Å²) in [6, 6.07) is 7.99. The molecule has 0 unspecified atom stereocenters. The smallest absolute Gasteiger partial charge is 0.259 e. The van der Waals surface area contributed by atoms with Gasteiger partial charge in [-0.05, 0) is 48.4 Å². The highest BCUT2D eigenvalue weighted by Gasteiger charge is 2.21. The van der Waals surface area contributed by atoms with E-state index in [9.17, 15) is 9.59 Å².